The quantitative estimate of drug-likeness (QED) is 0.848. The van der Waals surface area contributed by atoms with Gasteiger partial charge in [-0.05, 0) is 23.8 Å². The first-order valence-corrected chi connectivity index (χ1v) is 5.84. The molecule has 0 aliphatic carbocycles. The highest BCUT2D eigenvalue weighted by atomic mass is 35.5. The topological polar surface area (TPSA) is 57.8 Å². The summed E-state index contributed by atoms with van der Waals surface area (Å²) in [6.07, 6.45) is 4.55. The van der Waals surface area contributed by atoms with Crippen LogP contribution in [0.5, 0.6) is 0 Å². The fraction of sp³-hybridized carbons (Fsp3) is 0. The van der Waals surface area contributed by atoms with Gasteiger partial charge in [0.15, 0.2) is 0 Å². The molecule has 4 nitrogen and oxygen atoms in total. The van der Waals surface area contributed by atoms with Crippen LogP contribution in [0.25, 0.3) is 6.08 Å². The van der Waals surface area contributed by atoms with Crippen LogP contribution < -0.4 is 5.32 Å². The van der Waals surface area contributed by atoms with Crippen LogP contribution in [0, 0.1) is 0 Å². The highest BCUT2D eigenvalue weighted by Crippen LogP contribution is 2.21. The number of benzene rings is 1. The molecule has 2 rings (SSSR count). The second kappa shape index (κ2) is 5.71. The molecule has 2 N–H and O–H groups in total. The first-order valence-electron chi connectivity index (χ1n) is 5.08. The molecular weight excluding hydrogens is 273 g/mol. The zero-order valence-corrected chi connectivity index (χ0v) is 10.7. The van der Waals surface area contributed by atoms with Crippen molar-refractivity contribution in [1.82, 2.24) is 10.2 Å². The standard InChI is InChI=1S/C12H9Cl2N3O/c13-9-3-1-8(10(14)7-9)2-4-12(18)16-11-5-6-15-17-11/h1-7H,(H2,15,16,17,18)/b4-2+. The maximum atomic E-state index is 11.5. The minimum absolute atomic E-state index is 0.273. The van der Waals surface area contributed by atoms with Crippen LogP contribution in [0.4, 0.5) is 5.82 Å². The van der Waals surface area contributed by atoms with Gasteiger partial charge < -0.3 is 5.32 Å². The molecule has 1 amide bonds. The number of hydrogen-bond acceptors (Lipinski definition) is 2. The lowest BCUT2D eigenvalue weighted by Gasteiger charge is -1.99. The number of nitrogens with one attached hydrogen (secondary N) is 2. The number of hydrogen-bond donors (Lipinski definition) is 2. The van der Waals surface area contributed by atoms with Gasteiger partial charge >= 0.3 is 0 Å². The number of carbonyl (C=O) groups excluding carboxylic acids is 1. The van der Waals surface area contributed by atoms with Crippen molar-refractivity contribution in [3.05, 3.63) is 52.1 Å². The summed E-state index contributed by atoms with van der Waals surface area (Å²) in [5.41, 5.74) is 0.723. The zero-order valence-electron chi connectivity index (χ0n) is 9.15. The van der Waals surface area contributed by atoms with Gasteiger partial charge in [-0.1, -0.05) is 29.3 Å². The molecule has 0 atom stereocenters. The van der Waals surface area contributed by atoms with Crippen LogP contribution in [0.15, 0.2) is 36.5 Å². The van der Waals surface area contributed by atoms with Crippen molar-refractivity contribution in [3.8, 4) is 0 Å². The Morgan fingerprint density at radius 1 is 1.33 bits per heavy atom. The summed E-state index contributed by atoms with van der Waals surface area (Å²) in [5, 5.41) is 10.0. The summed E-state index contributed by atoms with van der Waals surface area (Å²) >= 11 is 11.7. The maximum absolute atomic E-state index is 11.5. The second-order valence-corrected chi connectivity index (χ2v) is 4.30. The molecule has 0 saturated heterocycles. The van der Waals surface area contributed by atoms with Crippen molar-refractivity contribution in [2.24, 2.45) is 0 Å². The highest BCUT2D eigenvalue weighted by Gasteiger charge is 2.00. The molecule has 0 aliphatic heterocycles. The van der Waals surface area contributed by atoms with Gasteiger partial charge in [0, 0.05) is 22.2 Å². The monoisotopic (exact) mass is 281 g/mol. The van der Waals surface area contributed by atoms with Crippen LogP contribution in [0.1, 0.15) is 5.56 Å². The summed E-state index contributed by atoms with van der Waals surface area (Å²) in [4.78, 5) is 11.5. The van der Waals surface area contributed by atoms with E-state index in [-0.39, 0.29) is 5.91 Å². The van der Waals surface area contributed by atoms with E-state index in [1.54, 1.807) is 36.5 Å². The number of halogens is 2. The number of aromatic nitrogens is 2. The lowest BCUT2D eigenvalue weighted by molar-refractivity contribution is -0.111. The SMILES string of the molecule is O=C(/C=C/c1ccc(Cl)cc1Cl)Nc1ccn[nH]1. The van der Waals surface area contributed by atoms with E-state index in [2.05, 4.69) is 15.5 Å². The third-order valence-electron chi connectivity index (χ3n) is 2.14. The molecule has 0 bridgehead atoms. The normalized spacial score (nSPS) is 10.8. The molecule has 0 fully saturated rings. The molecule has 0 spiro atoms. The number of rotatable bonds is 3. The minimum Gasteiger partial charge on any atom is -0.307 e. The van der Waals surface area contributed by atoms with Gasteiger partial charge in [0.1, 0.15) is 5.82 Å². The number of carbonyl (C=O) groups is 1. The number of nitrogens with zero attached hydrogens (tertiary/aromatic N) is 1. The van der Waals surface area contributed by atoms with Crippen molar-refractivity contribution in [2.45, 2.75) is 0 Å². The third-order valence-corrected chi connectivity index (χ3v) is 2.70. The average Bonchev–Trinajstić information content (AvgIpc) is 2.80. The number of H-pyrrole nitrogens is 1. The van der Waals surface area contributed by atoms with Gasteiger partial charge in [0.25, 0.3) is 0 Å². The Kier molecular flexibility index (Phi) is 4.02. The van der Waals surface area contributed by atoms with E-state index < -0.39 is 0 Å². The number of amides is 1. The summed E-state index contributed by atoms with van der Waals surface area (Å²) in [6.45, 7) is 0. The molecule has 92 valence electrons. The van der Waals surface area contributed by atoms with E-state index in [9.17, 15) is 4.79 Å². The minimum atomic E-state index is -0.273. The lowest BCUT2D eigenvalue weighted by Crippen LogP contribution is -2.07. The van der Waals surface area contributed by atoms with E-state index in [1.807, 2.05) is 0 Å². The lowest BCUT2D eigenvalue weighted by atomic mass is 10.2. The van der Waals surface area contributed by atoms with E-state index in [0.717, 1.165) is 5.56 Å². The van der Waals surface area contributed by atoms with Crippen molar-refractivity contribution < 1.29 is 4.79 Å². The summed E-state index contributed by atoms with van der Waals surface area (Å²) in [6, 6.07) is 6.72. The van der Waals surface area contributed by atoms with Gasteiger partial charge in [0.2, 0.25) is 5.91 Å². The molecule has 0 unspecified atom stereocenters. The predicted molar refractivity (Wildman–Crippen MR) is 72.7 cm³/mol. The van der Waals surface area contributed by atoms with Crippen LogP contribution in [0.3, 0.4) is 0 Å². The predicted octanol–water partition coefficient (Wildman–Crippen LogP) is 3.37. The molecule has 6 heteroatoms. The van der Waals surface area contributed by atoms with Gasteiger partial charge in [-0.2, -0.15) is 5.10 Å². The van der Waals surface area contributed by atoms with Gasteiger partial charge in [-0.25, -0.2) is 0 Å². The second-order valence-electron chi connectivity index (χ2n) is 3.46. The van der Waals surface area contributed by atoms with Crippen LogP contribution in [-0.2, 0) is 4.79 Å². The van der Waals surface area contributed by atoms with Crippen molar-refractivity contribution in [1.29, 1.82) is 0 Å². The molecule has 18 heavy (non-hydrogen) atoms. The fourth-order valence-electron chi connectivity index (χ4n) is 1.30. The molecule has 1 heterocycles. The molecule has 0 radical (unpaired) electrons. The van der Waals surface area contributed by atoms with E-state index in [0.29, 0.717) is 15.9 Å². The van der Waals surface area contributed by atoms with E-state index in [1.165, 1.54) is 6.08 Å². The van der Waals surface area contributed by atoms with Crippen molar-refractivity contribution in [2.75, 3.05) is 5.32 Å². The summed E-state index contributed by atoms with van der Waals surface area (Å²) in [7, 11) is 0. The Morgan fingerprint density at radius 2 is 2.17 bits per heavy atom. The summed E-state index contributed by atoms with van der Waals surface area (Å²) < 4.78 is 0. The Balaban J connectivity index is 2.04. The molecule has 2 aromatic rings. The molecular formula is C12H9Cl2N3O. The Labute approximate surface area is 114 Å². The van der Waals surface area contributed by atoms with Gasteiger partial charge in [0.05, 0.1) is 6.20 Å². The Morgan fingerprint density at radius 3 is 2.83 bits per heavy atom. The fourth-order valence-corrected chi connectivity index (χ4v) is 1.77. The first kappa shape index (κ1) is 12.7. The van der Waals surface area contributed by atoms with Crippen LogP contribution in [0.2, 0.25) is 10.0 Å². The van der Waals surface area contributed by atoms with Crippen LogP contribution in [-0.4, -0.2) is 16.1 Å². The molecule has 1 aromatic carbocycles. The van der Waals surface area contributed by atoms with E-state index in [4.69, 9.17) is 23.2 Å². The van der Waals surface area contributed by atoms with Gasteiger partial charge in [-0.3, -0.25) is 9.89 Å². The third kappa shape index (κ3) is 3.35. The first-order chi connectivity index (χ1) is 8.65. The van der Waals surface area contributed by atoms with E-state index >= 15 is 0 Å². The van der Waals surface area contributed by atoms with Gasteiger partial charge in [-0.15, -0.1) is 0 Å². The molecule has 0 saturated carbocycles. The smallest absolute Gasteiger partial charge is 0.249 e. The average molecular weight is 282 g/mol. The maximum Gasteiger partial charge on any atom is 0.249 e. The number of aromatic amines is 1. The van der Waals surface area contributed by atoms with Crippen molar-refractivity contribution >= 4 is 41.0 Å². The zero-order chi connectivity index (χ0) is 13.0. The van der Waals surface area contributed by atoms with Crippen LogP contribution >= 0.6 is 23.2 Å². The Bertz CT molecular complexity index is 579. The van der Waals surface area contributed by atoms with Crippen molar-refractivity contribution in [3.63, 3.8) is 0 Å². The number of anilines is 1. The molecule has 1 aromatic heterocycles. The Hall–Kier alpha value is -1.78. The summed E-state index contributed by atoms with van der Waals surface area (Å²) in [5.74, 6) is 0.261. The highest BCUT2D eigenvalue weighted by molar-refractivity contribution is 6.35. The molecule has 0 aliphatic rings. The largest absolute Gasteiger partial charge is 0.307 e.